The first-order chi connectivity index (χ1) is 8.03. The molecule has 1 aromatic carbocycles. The van der Waals surface area contributed by atoms with Crippen LogP contribution in [0.2, 0.25) is 0 Å². The average Bonchev–Trinajstić information content (AvgIpc) is 2.27. The van der Waals surface area contributed by atoms with E-state index in [-0.39, 0.29) is 13.0 Å². The molecule has 17 heavy (non-hydrogen) atoms. The molecule has 0 heterocycles. The molecule has 0 spiro atoms. The number of carbonyl (C=O) groups is 1. The van der Waals surface area contributed by atoms with Gasteiger partial charge in [-0.3, -0.25) is 4.79 Å². The van der Waals surface area contributed by atoms with Gasteiger partial charge in [-0.25, -0.2) is 0 Å². The molecule has 0 aliphatic carbocycles. The number of ether oxygens (including phenoxy) is 2. The largest absolute Gasteiger partial charge is 0.491 e. The van der Waals surface area contributed by atoms with Crippen LogP contribution in [0.15, 0.2) is 30.3 Å². The second-order valence-electron chi connectivity index (χ2n) is 4.08. The molecule has 4 nitrogen and oxygen atoms in total. The molecule has 1 rings (SSSR count). The molecule has 0 amide bonds. The second-order valence-corrected chi connectivity index (χ2v) is 4.08. The third-order valence-corrected chi connectivity index (χ3v) is 2.12. The van der Waals surface area contributed by atoms with Gasteiger partial charge in [-0.2, -0.15) is 0 Å². The number of para-hydroxylation sites is 1. The fourth-order valence-electron chi connectivity index (χ4n) is 1.33. The first-order valence-electron chi connectivity index (χ1n) is 5.59. The molecule has 0 bridgehead atoms. The lowest BCUT2D eigenvalue weighted by Gasteiger charge is -2.22. The first kappa shape index (κ1) is 13.5. The van der Waals surface area contributed by atoms with Crippen molar-refractivity contribution in [2.45, 2.75) is 25.9 Å². The minimum Gasteiger partial charge on any atom is -0.491 e. The normalized spacial score (nSPS) is 13.8. The Morgan fingerprint density at radius 2 is 2.00 bits per heavy atom. The molecular weight excluding hydrogens is 220 g/mol. The number of benzene rings is 1. The molecule has 0 radical (unpaired) electrons. The van der Waals surface area contributed by atoms with Crippen LogP contribution in [0.1, 0.15) is 20.3 Å². The van der Waals surface area contributed by atoms with E-state index in [9.17, 15) is 9.90 Å². The molecule has 94 valence electrons. The molecular formula is C13H18O4. The summed E-state index contributed by atoms with van der Waals surface area (Å²) >= 11 is 0. The number of rotatable bonds is 6. The fraction of sp³-hybridized carbons (Fsp3) is 0.462. The lowest BCUT2D eigenvalue weighted by molar-refractivity contribution is -0.149. The lowest BCUT2D eigenvalue weighted by Crippen LogP contribution is -2.35. The molecule has 0 aliphatic rings. The van der Waals surface area contributed by atoms with E-state index >= 15 is 0 Å². The van der Waals surface area contributed by atoms with Crippen molar-refractivity contribution in [1.29, 1.82) is 0 Å². The van der Waals surface area contributed by atoms with Gasteiger partial charge in [0.15, 0.2) is 0 Å². The summed E-state index contributed by atoms with van der Waals surface area (Å²) in [5, 5.41) is 9.95. The zero-order chi connectivity index (χ0) is 12.7. The zero-order valence-corrected chi connectivity index (χ0v) is 10.2. The average molecular weight is 238 g/mol. The van der Waals surface area contributed by atoms with Crippen LogP contribution in [-0.2, 0) is 9.53 Å². The predicted molar refractivity (Wildman–Crippen MR) is 63.8 cm³/mol. The Hall–Kier alpha value is -1.55. The van der Waals surface area contributed by atoms with Gasteiger partial charge in [0.2, 0.25) is 0 Å². The first-order valence-corrected chi connectivity index (χ1v) is 5.59. The van der Waals surface area contributed by atoms with E-state index in [4.69, 9.17) is 9.47 Å². The number of hydrogen-bond donors (Lipinski definition) is 1. The molecule has 1 aromatic rings. The van der Waals surface area contributed by atoms with Crippen LogP contribution in [0.3, 0.4) is 0 Å². The maximum absolute atomic E-state index is 11.2. The van der Waals surface area contributed by atoms with Gasteiger partial charge in [-0.15, -0.1) is 0 Å². The summed E-state index contributed by atoms with van der Waals surface area (Å²) in [4.78, 5) is 11.2. The summed E-state index contributed by atoms with van der Waals surface area (Å²) < 4.78 is 10.2. The van der Waals surface area contributed by atoms with Gasteiger partial charge >= 0.3 is 5.97 Å². The number of aliphatic hydroxyl groups is 1. The monoisotopic (exact) mass is 238 g/mol. The van der Waals surface area contributed by atoms with Crippen molar-refractivity contribution in [3.63, 3.8) is 0 Å². The highest BCUT2D eigenvalue weighted by atomic mass is 16.5. The zero-order valence-electron chi connectivity index (χ0n) is 10.2. The van der Waals surface area contributed by atoms with Gasteiger partial charge in [0.1, 0.15) is 18.0 Å². The number of hydrogen-bond acceptors (Lipinski definition) is 4. The summed E-state index contributed by atoms with van der Waals surface area (Å²) in [6, 6.07) is 9.15. The van der Waals surface area contributed by atoms with Gasteiger partial charge in [0.25, 0.3) is 0 Å². The van der Waals surface area contributed by atoms with Crippen molar-refractivity contribution >= 4 is 5.97 Å². The van der Waals surface area contributed by atoms with Crippen molar-refractivity contribution in [2.24, 2.45) is 0 Å². The fourth-order valence-corrected chi connectivity index (χ4v) is 1.33. The van der Waals surface area contributed by atoms with Gasteiger partial charge in [0, 0.05) is 0 Å². The Balaban J connectivity index is 2.41. The van der Waals surface area contributed by atoms with Crippen LogP contribution in [0, 0.1) is 0 Å². The minimum absolute atomic E-state index is 0.0514. The molecule has 0 saturated heterocycles. The van der Waals surface area contributed by atoms with E-state index in [0.29, 0.717) is 12.4 Å². The highest BCUT2D eigenvalue weighted by Crippen LogP contribution is 2.15. The Kier molecular flexibility index (Phi) is 4.97. The standard InChI is InChI=1S/C13H18O4/c1-3-16-12(14)9-13(2,15)10-17-11-7-5-4-6-8-11/h4-8,15H,3,9-10H2,1-2H3. The smallest absolute Gasteiger partial charge is 0.308 e. The maximum atomic E-state index is 11.2. The van der Waals surface area contributed by atoms with Crippen LogP contribution >= 0.6 is 0 Å². The predicted octanol–water partition coefficient (Wildman–Crippen LogP) is 1.77. The SMILES string of the molecule is CCOC(=O)CC(C)(O)COc1ccccc1. The van der Waals surface area contributed by atoms with Gasteiger partial charge in [0.05, 0.1) is 13.0 Å². The molecule has 0 aliphatic heterocycles. The number of carbonyl (C=O) groups excluding carboxylic acids is 1. The Bertz CT molecular complexity index is 346. The summed E-state index contributed by atoms with van der Waals surface area (Å²) in [6.07, 6.45) is -0.0757. The minimum atomic E-state index is -1.22. The number of esters is 1. The van der Waals surface area contributed by atoms with E-state index in [1.54, 1.807) is 26.0 Å². The van der Waals surface area contributed by atoms with Gasteiger partial charge in [-0.05, 0) is 26.0 Å². The second kappa shape index (κ2) is 6.25. The van der Waals surface area contributed by atoms with Crippen LogP contribution in [0.4, 0.5) is 0 Å². The summed E-state index contributed by atoms with van der Waals surface area (Å²) in [7, 11) is 0. The molecule has 1 atom stereocenters. The molecule has 1 N–H and O–H groups in total. The van der Waals surface area contributed by atoms with E-state index in [1.807, 2.05) is 18.2 Å². The summed E-state index contributed by atoms with van der Waals surface area (Å²) in [5.41, 5.74) is -1.22. The highest BCUT2D eigenvalue weighted by Gasteiger charge is 2.26. The van der Waals surface area contributed by atoms with Crippen molar-refractivity contribution in [1.82, 2.24) is 0 Å². The molecule has 4 heteroatoms. The van der Waals surface area contributed by atoms with Gasteiger partial charge in [-0.1, -0.05) is 18.2 Å². The third kappa shape index (κ3) is 5.36. The summed E-state index contributed by atoms with van der Waals surface area (Å²) in [6.45, 7) is 3.64. The van der Waals surface area contributed by atoms with Crippen LogP contribution in [0.5, 0.6) is 5.75 Å². The van der Waals surface area contributed by atoms with E-state index in [1.165, 1.54) is 0 Å². The Morgan fingerprint density at radius 3 is 2.59 bits per heavy atom. The molecule has 0 fully saturated rings. The summed E-state index contributed by atoms with van der Waals surface area (Å²) in [5.74, 6) is 0.241. The highest BCUT2D eigenvalue weighted by molar-refractivity contribution is 5.70. The molecule has 1 unspecified atom stereocenters. The quantitative estimate of drug-likeness (QED) is 0.767. The van der Waals surface area contributed by atoms with Gasteiger partial charge < -0.3 is 14.6 Å². The lowest BCUT2D eigenvalue weighted by atomic mass is 10.0. The third-order valence-electron chi connectivity index (χ3n) is 2.12. The van der Waals surface area contributed by atoms with Crippen LogP contribution in [-0.4, -0.2) is 29.9 Å². The Labute approximate surface area is 101 Å². The van der Waals surface area contributed by atoms with Crippen molar-refractivity contribution in [3.8, 4) is 5.75 Å². The maximum Gasteiger partial charge on any atom is 0.308 e. The van der Waals surface area contributed by atoms with E-state index in [0.717, 1.165) is 0 Å². The van der Waals surface area contributed by atoms with Crippen molar-refractivity contribution < 1.29 is 19.4 Å². The van der Waals surface area contributed by atoms with E-state index in [2.05, 4.69) is 0 Å². The van der Waals surface area contributed by atoms with Crippen LogP contribution in [0.25, 0.3) is 0 Å². The Morgan fingerprint density at radius 1 is 1.35 bits per heavy atom. The van der Waals surface area contributed by atoms with Crippen LogP contribution < -0.4 is 4.74 Å². The molecule has 0 aromatic heterocycles. The van der Waals surface area contributed by atoms with E-state index < -0.39 is 11.6 Å². The topological polar surface area (TPSA) is 55.8 Å². The van der Waals surface area contributed by atoms with Crippen molar-refractivity contribution in [2.75, 3.05) is 13.2 Å². The van der Waals surface area contributed by atoms with Crippen molar-refractivity contribution in [3.05, 3.63) is 30.3 Å². The molecule has 0 saturated carbocycles.